The van der Waals surface area contributed by atoms with Gasteiger partial charge in [-0.2, -0.15) is 0 Å². The topological polar surface area (TPSA) is 25.8 Å². The fraction of sp³-hybridized carbons (Fsp3) is 0. The summed E-state index contributed by atoms with van der Waals surface area (Å²) in [5, 5.41) is 2.32. The largest absolute Gasteiger partial charge is 0.295 e. The van der Waals surface area contributed by atoms with Crippen LogP contribution >= 0.6 is 13.3 Å². The van der Waals surface area contributed by atoms with Gasteiger partial charge in [0.05, 0.1) is 0 Å². The van der Waals surface area contributed by atoms with Crippen LogP contribution in [0.3, 0.4) is 0 Å². The Labute approximate surface area is 159 Å². The van der Waals surface area contributed by atoms with Crippen molar-refractivity contribution in [2.24, 2.45) is 0 Å². The summed E-state index contributed by atoms with van der Waals surface area (Å²) in [6.45, 7) is 0. The summed E-state index contributed by atoms with van der Waals surface area (Å²) in [6, 6.07) is 25.8. The van der Waals surface area contributed by atoms with Crippen molar-refractivity contribution in [1.29, 1.82) is 0 Å². The van der Waals surface area contributed by atoms with Crippen LogP contribution in [0.15, 0.2) is 79.1 Å². The third-order valence-corrected chi connectivity index (χ3v) is 3.65. The van der Waals surface area contributed by atoms with Gasteiger partial charge >= 0.3 is 31.1 Å². The predicted molar refractivity (Wildman–Crippen MR) is 98.2 cm³/mol. The Kier molecular flexibility index (Phi) is 5.90. The van der Waals surface area contributed by atoms with E-state index in [9.17, 15) is 0 Å². The van der Waals surface area contributed by atoms with Crippen molar-refractivity contribution in [3.8, 4) is 22.5 Å². The Morgan fingerprint density at radius 3 is 2.04 bits per heavy atom. The van der Waals surface area contributed by atoms with Crippen LogP contribution in [0.4, 0.5) is 0 Å². The van der Waals surface area contributed by atoms with E-state index in [1.165, 1.54) is 5.39 Å². The molecular formula is C20H13BrN2Pt. The molecule has 0 saturated carbocycles. The predicted octanol–water partition coefficient (Wildman–Crippen LogP) is 5.61. The number of pyridine rings is 2. The van der Waals surface area contributed by atoms with E-state index in [4.69, 9.17) is 0 Å². The van der Waals surface area contributed by atoms with Crippen LogP contribution in [0.5, 0.6) is 0 Å². The van der Waals surface area contributed by atoms with Crippen LogP contribution in [0.25, 0.3) is 33.3 Å². The molecule has 2 heterocycles. The van der Waals surface area contributed by atoms with Gasteiger partial charge < -0.3 is 0 Å². The summed E-state index contributed by atoms with van der Waals surface area (Å²) in [4.78, 5) is 8.92. The zero-order valence-corrected chi connectivity index (χ0v) is 16.5. The van der Waals surface area contributed by atoms with Gasteiger partial charge in [-0.15, -0.1) is 12.1 Å². The average Bonchev–Trinajstić information content (AvgIpc) is 2.70. The smallest absolute Gasteiger partial charge is 0.0183 e. The molecule has 0 spiro atoms. The first-order chi connectivity index (χ1) is 11.9. The fourth-order valence-electron chi connectivity index (χ4n) is 2.62. The van der Waals surface area contributed by atoms with Crippen LogP contribution in [0, 0.1) is 6.07 Å². The molecule has 0 saturated heterocycles. The molecule has 0 bridgehead atoms. The molecule has 2 aromatic carbocycles. The summed E-state index contributed by atoms with van der Waals surface area (Å²) in [5.74, 6) is 0. The van der Waals surface area contributed by atoms with Gasteiger partial charge in [-0.1, -0.05) is 70.4 Å². The maximum atomic E-state index is 4.48. The second-order valence-electron chi connectivity index (χ2n) is 5.08. The number of hydrogen-bond acceptors (Lipinski definition) is 2. The first kappa shape index (κ1) is 17.0. The second kappa shape index (κ2) is 8.32. The Balaban J connectivity index is 0.000000815. The van der Waals surface area contributed by atoms with Crippen molar-refractivity contribution >= 4 is 24.1 Å². The van der Waals surface area contributed by atoms with Gasteiger partial charge in [0.25, 0.3) is 0 Å². The van der Waals surface area contributed by atoms with E-state index >= 15 is 0 Å². The molecule has 0 amide bonds. The molecule has 0 N–H and O–H groups in total. The van der Waals surface area contributed by atoms with E-state index in [0.717, 1.165) is 27.9 Å². The Bertz CT molecular complexity index is 928. The number of nitrogens with zero attached hydrogens (tertiary/aromatic N) is 2. The van der Waals surface area contributed by atoms with Gasteiger partial charge in [0, 0.05) is 23.8 Å². The van der Waals surface area contributed by atoms with E-state index in [1.807, 2.05) is 72.5 Å². The Morgan fingerprint density at radius 1 is 0.750 bits per heavy atom. The Hall–Kier alpha value is -1.83. The quantitative estimate of drug-likeness (QED) is 0.301. The molecule has 0 unspecified atom stereocenters. The van der Waals surface area contributed by atoms with Gasteiger partial charge in [0.1, 0.15) is 0 Å². The molecule has 0 fully saturated rings. The maximum Gasteiger partial charge on any atom is 0.0183 e. The van der Waals surface area contributed by atoms with Gasteiger partial charge in [-0.05, 0) is 12.1 Å². The maximum absolute atomic E-state index is 4.48. The van der Waals surface area contributed by atoms with Crippen molar-refractivity contribution in [2.45, 2.75) is 0 Å². The minimum Gasteiger partial charge on any atom is -0.295 e. The van der Waals surface area contributed by atoms with E-state index in [2.05, 4.69) is 47.5 Å². The first-order valence-electron chi connectivity index (χ1n) is 7.32. The summed E-state index contributed by atoms with van der Waals surface area (Å²) in [7, 11) is 0. The first-order valence-corrected chi connectivity index (χ1v) is 12.3. The molecule has 4 aromatic rings. The number of benzene rings is 2. The van der Waals surface area contributed by atoms with Gasteiger partial charge in [-0.25, -0.2) is 0 Å². The molecule has 2 aromatic heterocycles. The molecule has 0 aliphatic heterocycles. The van der Waals surface area contributed by atoms with Crippen molar-refractivity contribution in [3.63, 3.8) is 0 Å². The molecule has 4 rings (SSSR count). The van der Waals surface area contributed by atoms with Gasteiger partial charge in [-0.3, -0.25) is 9.97 Å². The molecule has 0 atom stereocenters. The van der Waals surface area contributed by atoms with Gasteiger partial charge in [0.15, 0.2) is 0 Å². The SMILES string of the molecule is [Br][Pt+].[c-]1c(-c2ccccn2)cc2ccccc2c1-c1ccccn1. The fourth-order valence-corrected chi connectivity index (χ4v) is 2.62. The van der Waals surface area contributed by atoms with Crippen molar-refractivity contribution in [3.05, 3.63) is 85.2 Å². The van der Waals surface area contributed by atoms with Crippen LogP contribution < -0.4 is 0 Å². The summed E-state index contributed by atoms with van der Waals surface area (Å²) < 4.78 is 0. The number of hydrogen-bond donors (Lipinski definition) is 0. The van der Waals surface area contributed by atoms with Crippen LogP contribution in [-0.4, -0.2) is 9.97 Å². The normalized spacial score (nSPS) is 10.1. The molecular weight excluding hydrogens is 543 g/mol. The summed E-state index contributed by atoms with van der Waals surface area (Å²) in [5.41, 5.74) is 3.85. The Morgan fingerprint density at radius 2 is 1.38 bits per heavy atom. The van der Waals surface area contributed by atoms with Crippen molar-refractivity contribution in [1.82, 2.24) is 9.97 Å². The van der Waals surface area contributed by atoms with E-state index in [-0.39, 0.29) is 0 Å². The molecule has 4 heteroatoms. The molecule has 0 radical (unpaired) electrons. The number of aromatic nitrogens is 2. The summed E-state index contributed by atoms with van der Waals surface area (Å²) in [6.07, 6.45) is 3.62. The van der Waals surface area contributed by atoms with Crippen molar-refractivity contribution in [2.75, 3.05) is 0 Å². The zero-order valence-electron chi connectivity index (χ0n) is 12.6. The van der Waals surface area contributed by atoms with E-state index in [1.54, 1.807) is 6.20 Å². The average molecular weight is 556 g/mol. The molecule has 0 aliphatic carbocycles. The number of fused-ring (bicyclic) bond motifs is 1. The molecule has 120 valence electrons. The van der Waals surface area contributed by atoms with E-state index in [0.29, 0.717) is 0 Å². The number of halogens is 1. The molecule has 24 heavy (non-hydrogen) atoms. The third-order valence-electron chi connectivity index (χ3n) is 3.65. The number of rotatable bonds is 2. The minimum absolute atomic E-state index is 0.922. The van der Waals surface area contributed by atoms with Crippen LogP contribution in [0.2, 0.25) is 0 Å². The van der Waals surface area contributed by atoms with Crippen LogP contribution in [0.1, 0.15) is 0 Å². The van der Waals surface area contributed by atoms with Crippen molar-refractivity contribution < 1.29 is 17.8 Å². The minimum atomic E-state index is 0.922. The van der Waals surface area contributed by atoms with Gasteiger partial charge in [0.2, 0.25) is 0 Å². The monoisotopic (exact) mass is 555 g/mol. The van der Waals surface area contributed by atoms with E-state index < -0.39 is 0 Å². The summed E-state index contributed by atoms with van der Waals surface area (Å²) >= 11 is 4.86. The molecule has 2 nitrogen and oxygen atoms in total. The second-order valence-corrected chi connectivity index (χ2v) is 5.08. The van der Waals surface area contributed by atoms with Crippen LogP contribution in [-0.2, 0) is 17.8 Å². The standard InChI is InChI=1S/C20H13N2.BrH.Pt/c1-2-8-17-15(7-1)13-16(19-9-3-5-11-21-19)14-18(17)20-10-4-6-12-22-20;;/h1-13H;1H;/q-1;;+2/p-1. The molecule has 0 aliphatic rings. The zero-order chi connectivity index (χ0) is 16.8. The third kappa shape index (κ3) is 3.63.